The minimum Gasteiger partial charge on any atom is -0.321 e. The first-order valence-electron chi connectivity index (χ1n) is 9.82. The molecular formula is C25H22N2O3S. The molecule has 0 aliphatic rings. The van der Waals surface area contributed by atoms with E-state index in [-0.39, 0.29) is 10.8 Å². The Morgan fingerprint density at radius 3 is 2.29 bits per heavy atom. The van der Waals surface area contributed by atoms with Gasteiger partial charge in [0.25, 0.3) is 15.9 Å². The number of rotatable bonds is 5. The van der Waals surface area contributed by atoms with Crippen LogP contribution >= 0.6 is 0 Å². The van der Waals surface area contributed by atoms with Crippen molar-refractivity contribution in [2.24, 2.45) is 0 Å². The lowest BCUT2D eigenvalue weighted by Crippen LogP contribution is -2.27. The molecule has 0 spiro atoms. The quantitative estimate of drug-likeness (QED) is 0.472. The van der Waals surface area contributed by atoms with Gasteiger partial charge in [-0.2, -0.15) is 0 Å². The largest absolute Gasteiger partial charge is 0.321 e. The first kappa shape index (κ1) is 20.6. The van der Waals surface area contributed by atoms with Crippen molar-refractivity contribution in [2.45, 2.75) is 11.8 Å². The Hall–Kier alpha value is -3.64. The van der Waals surface area contributed by atoms with Crippen LogP contribution in [-0.2, 0) is 10.0 Å². The molecule has 6 heteroatoms. The summed E-state index contributed by atoms with van der Waals surface area (Å²) in [5, 5.41) is 4.92. The zero-order chi connectivity index (χ0) is 22.0. The van der Waals surface area contributed by atoms with Crippen molar-refractivity contribution in [1.29, 1.82) is 0 Å². The van der Waals surface area contributed by atoms with Crippen LogP contribution in [0.4, 0.5) is 11.4 Å². The number of carbonyl (C=O) groups excluding carboxylic acids is 1. The summed E-state index contributed by atoms with van der Waals surface area (Å²) in [5.41, 5.74) is 2.29. The van der Waals surface area contributed by atoms with Gasteiger partial charge in [0, 0.05) is 23.7 Å². The van der Waals surface area contributed by atoms with Crippen molar-refractivity contribution in [3.8, 4) is 0 Å². The van der Waals surface area contributed by atoms with E-state index in [1.165, 1.54) is 11.4 Å². The van der Waals surface area contributed by atoms with Crippen molar-refractivity contribution in [2.75, 3.05) is 16.7 Å². The molecule has 156 valence electrons. The standard InChI is InChI=1S/C25H22N2O3S/c1-18-15-16-20(17-24(18)27(2)31(29,30)21-11-4-3-5-12-21)25(28)26-23-14-8-10-19-9-6-7-13-22(19)23/h3-17H,1-2H3,(H,26,28). The first-order chi connectivity index (χ1) is 14.9. The predicted octanol–water partition coefficient (Wildman–Crippen LogP) is 5.23. The van der Waals surface area contributed by atoms with E-state index in [9.17, 15) is 13.2 Å². The normalized spacial score (nSPS) is 11.3. The van der Waals surface area contributed by atoms with E-state index in [4.69, 9.17) is 0 Å². The highest BCUT2D eigenvalue weighted by Gasteiger charge is 2.23. The molecule has 0 unspecified atom stereocenters. The number of nitrogens with one attached hydrogen (secondary N) is 1. The van der Waals surface area contributed by atoms with Gasteiger partial charge in [-0.3, -0.25) is 9.10 Å². The first-order valence-corrected chi connectivity index (χ1v) is 11.3. The number of anilines is 2. The van der Waals surface area contributed by atoms with Gasteiger partial charge < -0.3 is 5.32 Å². The Labute approximate surface area is 182 Å². The van der Waals surface area contributed by atoms with Crippen LogP contribution in [0.5, 0.6) is 0 Å². The fourth-order valence-corrected chi connectivity index (χ4v) is 4.77. The van der Waals surface area contributed by atoms with E-state index in [1.54, 1.807) is 48.5 Å². The van der Waals surface area contributed by atoms with Gasteiger partial charge in [-0.1, -0.05) is 60.7 Å². The van der Waals surface area contributed by atoms with E-state index in [2.05, 4.69) is 5.32 Å². The number of carbonyl (C=O) groups is 1. The summed E-state index contributed by atoms with van der Waals surface area (Å²) in [6, 6.07) is 26.8. The van der Waals surface area contributed by atoms with Gasteiger partial charge in [-0.05, 0) is 48.2 Å². The predicted molar refractivity (Wildman–Crippen MR) is 125 cm³/mol. The van der Waals surface area contributed by atoms with Crippen molar-refractivity contribution in [1.82, 2.24) is 0 Å². The molecule has 0 atom stereocenters. The van der Waals surface area contributed by atoms with Gasteiger partial charge in [0.1, 0.15) is 0 Å². The maximum absolute atomic E-state index is 13.0. The molecule has 0 saturated heterocycles. The van der Waals surface area contributed by atoms with Gasteiger partial charge in [-0.15, -0.1) is 0 Å². The average molecular weight is 431 g/mol. The topological polar surface area (TPSA) is 66.5 Å². The van der Waals surface area contributed by atoms with Gasteiger partial charge >= 0.3 is 0 Å². The lowest BCUT2D eigenvalue weighted by molar-refractivity contribution is 0.102. The summed E-state index contributed by atoms with van der Waals surface area (Å²) < 4.78 is 27.3. The number of benzene rings is 4. The van der Waals surface area contributed by atoms with Crippen LogP contribution in [0.2, 0.25) is 0 Å². The molecule has 0 radical (unpaired) electrons. The van der Waals surface area contributed by atoms with Crippen LogP contribution in [0, 0.1) is 6.92 Å². The molecule has 0 bridgehead atoms. The molecule has 0 aromatic heterocycles. The fourth-order valence-electron chi connectivity index (χ4n) is 3.50. The van der Waals surface area contributed by atoms with Crippen LogP contribution in [0.15, 0.2) is 95.9 Å². The summed E-state index contributed by atoms with van der Waals surface area (Å²) >= 11 is 0. The van der Waals surface area contributed by atoms with Crippen molar-refractivity contribution < 1.29 is 13.2 Å². The molecule has 0 heterocycles. The summed E-state index contributed by atoms with van der Waals surface area (Å²) in [6.07, 6.45) is 0. The Morgan fingerprint density at radius 1 is 0.839 bits per heavy atom. The molecule has 1 amide bonds. The van der Waals surface area contributed by atoms with Crippen LogP contribution < -0.4 is 9.62 Å². The highest BCUT2D eigenvalue weighted by atomic mass is 32.2. The van der Waals surface area contributed by atoms with Gasteiger partial charge in [0.2, 0.25) is 0 Å². The van der Waals surface area contributed by atoms with E-state index in [0.29, 0.717) is 16.9 Å². The Morgan fingerprint density at radius 2 is 1.52 bits per heavy atom. The van der Waals surface area contributed by atoms with E-state index in [1.807, 2.05) is 49.4 Å². The molecule has 4 aromatic rings. The lowest BCUT2D eigenvalue weighted by Gasteiger charge is -2.22. The van der Waals surface area contributed by atoms with Crippen molar-refractivity contribution in [3.05, 3.63) is 102 Å². The van der Waals surface area contributed by atoms with Crippen molar-refractivity contribution in [3.63, 3.8) is 0 Å². The van der Waals surface area contributed by atoms with Crippen LogP contribution in [0.1, 0.15) is 15.9 Å². The van der Waals surface area contributed by atoms with E-state index >= 15 is 0 Å². The maximum Gasteiger partial charge on any atom is 0.264 e. The molecular weight excluding hydrogens is 408 g/mol. The second-order valence-corrected chi connectivity index (χ2v) is 9.24. The molecule has 0 aliphatic heterocycles. The van der Waals surface area contributed by atoms with Crippen molar-refractivity contribution >= 4 is 38.1 Å². The zero-order valence-corrected chi connectivity index (χ0v) is 18.1. The minimum absolute atomic E-state index is 0.197. The highest BCUT2D eigenvalue weighted by molar-refractivity contribution is 7.92. The summed E-state index contributed by atoms with van der Waals surface area (Å²) in [6.45, 7) is 1.82. The summed E-state index contributed by atoms with van der Waals surface area (Å²) in [5.74, 6) is -0.303. The molecule has 31 heavy (non-hydrogen) atoms. The minimum atomic E-state index is -3.74. The van der Waals surface area contributed by atoms with E-state index < -0.39 is 10.0 Å². The summed E-state index contributed by atoms with van der Waals surface area (Å²) in [4.78, 5) is 13.2. The smallest absolute Gasteiger partial charge is 0.264 e. The van der Waals surface area contributed by atoms with E-state index in [0.717, 1.165) is 16.3 Å². The molecule has 0 saturated carbocycles. The van der Waals surface area contributed by atoms with Gasteiger partial charge in [-0.25, -0.2) is 8.42 Å². The average Bonchev–Trinajstić information content (AvgIpc) is 2.79. The summed E-state index contributed by atoms with van der Waals surface area (Å²) in [7, 11) is -2.25. The number of fused-ring (bicyclic) bond motifs is 1. The Bertz CT molecular complexity index is 1360. The fraction of sp³-hybridized carbons (Fsp3) is 0.0800. The molecule has 4 rings (SSSR count). The van der Waals surface area contributed by atoms with Crippen LogP contribution in [0.25, 0.3) is 10.8 Å². The van der Waals surface area contributed by atoms with Gasteiger partial charge in [0.05, 0.1) is 10.6 Å². The van der Waals surface area contributed by atoms with Gasteiger partial charge in [0.15, 0.2) is 0 Å². The molecule has 4 aromatic carbocycles. The number of nitrogens with zero attached hydrogens (tertiary/aromatic N) is 1. The molecule has 0 fully saturated rings. The molecule has 5 nitrogen and oxygen atoms in total. The SMILES string of the molecule is Cc1ccc(C(=O)Nc2cccc3ccccc23)cc1N(C)S(=O)(=O)c1ccccc1. The third-order valence-electron chi connectivity index (χ3n) is 5.25. The van der Waals surface area contributed by atoms with Crippen LogP contribution in [0.3, 0.4) is 0 Å². The molecule has 1 N–H and O–H groups in total. The lowest BCUT2D eigenvalue weighted by atomic mass is 10.1. The zero-order valence-electron chi connectivity index (χ0n) is 17.2. The van der Waals surface area contributed by atoms with Crippen LogP contribution in [-0.4, -0.2) is 21.4 Å². The number of sulfonamides is 1. The second-order valence-electron chi connectivity index (χ2n) is 7.27. The Balaban J connectivity index is 1.67. The molecule has 0 aliphatic carbocycles. The Kier molecular flexibility index (Phi) is 5.48. The third-order valence-corrected chi connectivity index (χ3v) is 7.04. The highest BCUT2D eigenvalue weighted by Crippen LogP contribution is 2.28. The third kappa shape index (κ3) is 4.02. The number of aryl methyl sites for hydroxylation is 1. The monoisotopic (exact) mass is 430 g/mol. The number of hydrogen-bond donors (Lipinski definition) is 1. The maximum atomic E-state index is 13.0. The number of hydrogen-bond acceptors (Lipinski definition) is 3. The number of amides is 1. The second kappa shape index (κ2) is 8.24.